The van der Waals surface area contributed by atoms with Crippen LogP contribution in [0.2, 0.25) is 0 Å². The molecule has 5 heteroatoms. The molecule has 3 aromatic rings. The monoisotopic (exact) mass is 398 g/mol. The number of rotatable bonds is 5. The van der Waals surface area contributed by atoms with Crippen LogP contribution < -0.4 is 5.32 Å². The Morgan fingerprint density at radius 3 is 1.83 bits per heavy atom. The van der Waals surface area contributed by atoms with E-state index in [-0.39, 0.29) is 5.91 Å². The van der Waals surface area contributed by atoms with Crippen LogP contribution in [-0.2, 0) is 4.79 Å². The number of hydrogen-bond donors (Lipinski definition) is 1. The van der Waals surface area contributed by atoms with Gasteiger partial charge in [-0.1, -0.05) is 72.3 Å². The third-order valence-corrected chi connectivity index (χ3v) is 5.42. The number of imide groups is 1. The first-order valence-electron chi connectivity index (χ1n) is 9.86. The van der Waals surface area contributed by atoms with Gasteiger partial charge in [0, 0.05) is 0 Å². The van der Waals surface area contributed by atoms with Crippen LogP contribution in [0.5, 0.6) is 0 Å². The van der Waals surface area contributed by atoms with E-state index in [0.717, 1.165) is 21.6 Å². The van der Waals surface area contributed by atoms with Gasteiger partial charge in [0.15, 0.2) is 0 Å². The van der Waals surface area contributed by atoms with Crippen molar-refractivity contribution in [3.05, 3.63) is 107 Å². The largest absolute Gasteiger partial charge is 0.343 e. The second-order valence-corrected chi connectivity index (χ2v) is 7.46. The molecule has 4 rings (SSSR count). The number of hydrogen-bond acceptors (Lipinski definition) is 3. The summed E-state index contributed by atoms with van der Waals surface area (Å²) in [6.07, 6.45) is 0. The fraction of sp³-hybridized carbons (Fsp3) is 0.160. The number of nitrogens with zero attached hydrogens (tertiary/aromatic N) is 1. The van der Waals surface area contributed by atoms with Gasteiger partial charge in [0.1, 0.15) is 6.04 Å². The van der Waals surface area contributed by atoms with Crippen molar-refractivity contribution in [3.63, 3.8) is 0 Å². The van der Waals surface area contributed by atoms with E-state index < -0.39 is 23.9 Å². The predicted octanol–water partition coefficient (Wildman–Crippen LogP) is 3.89. The number of nitrogens with one attached hydrogen (secondary N) is 1. The fourth-order valence-corrected chi connectivity index (χ4v) is 3.70. The van der Waals surface area contributed by atoms with Crippen LogP contribution >= 0.6 is 0 Å². The Labute approximate surface area is 175 Å². The lowest BCUT2D eigenvalue weighted by Crippen LogP contribution is -2.48. The molecule has 0 saturated carbocycles. The minimum Gasteiger partial charge on any atom is -0.343 e. The molecular weight excluding hydrogens is 376 g/mol. The lowest BCUT2D eigenvalue weighted by atomic mass is 9.97. The number of carbonyl (C=O) groups is 3. The van der Waals surface area contributed by atoms with Gasteiger partial charge in [0.2, 0.25) is 5.91 Å². The first kappa shape index (κ1) is 19.6. The fourth-order valence-electron chi connectivity index (χ4n) is 3.70. The van der Waals surface area contributed by atoms with Crippen molar-refractivity contribution >= 4 is 17.7 Å². The average molecular weight is 398 g/mol. The Kier molecular flexibility index (Phi) is 5.19. The molecule has 5 nitrogen and oxygen atoms in total. The Balaban J connectivity index is 1.61. The topological polar surface area (TPSA) is 66.5 Å². The molecule has 0 saturated heterocycles. The van der Waals surface area contributed by atoms with Gasteiger partial charge >= 0.3 is 0 Å². The molecule has 0 aromatic heterocycles. The zero-order valence-corrected chi connectivity index (χ0v) is 16.8. The predicted molar refractivity (Wildman–Crippen MR) is 114 cm³/mol. The van der Waals surface area contributed by atoms with Gasteiger partial charge in [-0.15, -0.1) is 0 Å². The highest BCUT2D eigenvalue weighted by Crippen LogP contribution is 2.26. The quantitative estimate of drug-likeness (QED) is 0.663. The summed E-state index contributed by atoms with van der Waals surface area (Å²) in [6, 6.07) is 22.9. The zero-order valence-electron chi connectivity index (χ0n) is 16.8. The summed E-state index contributed by atoms with van der Waals surface area (Å²) in [5.74, 6) is -1.27. The third kappa shape index (κ3) is 3.50. The van der Waals surface area contributed by atoms with Crippen LogP contribution in [0.3, 0.4) is 0 Å². The van der Waals surface area contributed by atoms with Gasteiger partial charge in [-0.25, -0.2) is 0 Å². The van der Waals surface area contributed by atoms with Crippen molar-refractivity contribution in [2.45, 2.75) is 25.9 Å². The molecule has 2 atom stereocenters. The van der Waals surface area contributed by atoms with E-state index in [9.17, 15) is 14.4 Å². The molecule has 0 radical (unpaired) electrons. The molecule has 30 heavy (non-hydrogen) atoms. The zero-order chi connectivity index (χ0) is 21.3. The highest BCUT2D eigenvalue weighted by Gasteiger charge is 2.41. The molecule has 1 heterocycles. The van der Waals surface area contributed by atoms with Crippen LogP contribution in [0.1, 0.15) is 50.4 Å². The molecule has 150 valence electrons. The highest BCUT2D eigenvalue weighted by molar-refractivity contribution is 6.22. The maximum absolute atomic E-state index is 13.1. The summed E-state index contributed by atoms with van der Waals surface area (Å²) in [6.45, 7) is 3.58. The molecule has 1 aliphatic rings. The number of amides is 3. The molecule has 3 amide bonds. The highest BCUT2D eigenvalue weighted by atomic mass is 16.2. The number of fused-ring (bicyclic) bond motifs is 1. The second-order valence-electron chi connectivity index (χ2n) is 7.46. The smallest absolute Gasteiger partial charge is 0.262 e. The van der Waals surface area contributed by atoms with Crippen molar-refractivity contribution in [2.75, 3.05) is 0 Å². The third-order valence-electron chi connectivity index (χ3n) is 5.42. The van der Waals surface area contributed by atoms with Gasteiger partial charge in [-0.2, -0.15) is 0 Å². The van der Waals surface area contributed by atoms with Crippen LogP contribution in [0.4, 0.5) is 0 Å². The van der Waals surface area contributed by atoms with Crippen LogP contribution in [0, 0.1) is 6.92 Å². The van der Waals surface area contributed by atoms with Crippen molar-refractivity contribution in [1.29, 1.82) is 0 Å². The molecule has 0 aliphatic carbocycles. The number of aryl methyl sites for hydroxylation is 1. The van der Waals surface area contributed by atoms with E-state index in [2.05, 4.69) is 5.32 Å². The first-order valence-corrected chi connectivity index (χ1v) is 9.86. The van der Waals surface area contributed by atoms with Gasteiger partial charge < -0.3 is 5.32 Å². The van der Waals surface area contributed by atoms with E-state index in [1.54, 1.807) is 31.2 Å². The maximum Gasteiger partial charge on any atom is 0.262 e. The average Bonchev–Trinajstić information content (AvgIpc) is 3.03. The van der Waals surface area contributed by atoms with Crippen LogP contribution in [0.25, 0.3) is 0 Å². The molecular formula is C25H22N2O3. The SMILES string of the molecule is Cc1ccc(C(NC(=O)C(C)N2C(=O)c3ccccc3C2=O)c2ccccc2)cc1. The van der Waals surface area contributed by atoms with Crippen molar-refractivity contribution in [1.82, 2.24) is 10.2 Å². The molecule has 3 aromatic carbocycles. The Morgan fingerprint density at radius 2 is 1.27 bits per heavy atom. The Bertz CT molecular complexity index is 1070. The van der Waals surface area contributed by atoms with Gasteiger partial charge in [0.05, 0.1) is 17.2 Å². The number of benzene rings is 3. The Hall–Kier alpha value is -3.73. The summed E-state index contributed by atoms with van der Waals surface area (Å²) < 4.78 is 0. The van der Waals surface area contributed by atoms with Gasteiger partial charge in [0.25, 0.3) is 11.8 Å². The second kappa shape index (κ2) is 7.95. The maximum atomic E-state index is 13.1. The lowest BCUT2D eigenvalue weighted by Gasteiger charge is -2.26. The molecule has 0 spiro atoms. The molecule has 1 N–H and O–H groups in total. The Morgan fingerprint density at radius 1 is 0.767 bits per heavy atom. The lowest BCUT2D eigenvalue weighted by molar-refractivity contribution is -0.125. The standard InChI is InChI=1S/C25H22N2O3/c1-16-12-14-19(15-13-16)22(18-8-4-3-5-9-18)26-23(28)17(2)27-24(29)20-10-6-7-11-21(20)25(27)30/h3-15,17,22H,1-2H3,(H,26,28). The van der Waals surface area contributed by atoms with Crippen LogP contribution in [0.15, 0.2) is 78.9 Å². The summed E-state index contributed by atoms with van der Waals surface area (Å²) in [4.78, 5) is 39.7. The van der Waals surface area contributed by atoms with E-state index in [1.807, 2.05) is 61.5 Å². The van der Waals surface area contributed by atoms with Gasteiger partial charge in [-0.05, 0) is 37.1 Å². The summed E-state index contributed by atoms with van der Waals surface area (Å²) >= 11 is 0. The molecule has 0 fully saturated rings. The molecule has 0 bridgehead atoms. The van der Waals surface area contributed by atoms with Crippen LogP contribution in [-0.4, -0.2) is 28.7 Å². The van der Waals surface area contributed by atoms with E-state index >= 15 is 0 Å². The van der Waals surface area contributed by atoms with Crippen molar-refractivity contribution in [2.24, 2.45) is 0 Å². The normalized spacial score (nSPS) is 14.9. The van der Waals surface area contributed by atoms with E-state index in [0.29, 0.717) is 11.1 Å². The minimum absolute atomic E-state index is 0.334. The van der Waals surface area contributed by atoms with E-state index in [4.69, 9.17) is 0 Å². The minimum atomic E-state index is -0.936. The summed E-state index contributed by atoms with van der Waals surface area (Å²) in [5, 5.41) is 3.03. The number of carbonyl (C=O) groups excluding carboxylic acids is 3. The molecule has 2 unspecified atom stereocenters. The first-order chi connectivity index (χ1) is 14.5. The van der Waals surface area contributed by atoms with Gasteiger partial charge in [-0.3, -0.25) is 19.3 Å². The van der Waals surface area contributed by atoms with Crippen molar-refractivity contribution in [3.8, 4) is 0 Å². The molecule has 1 aliphatic heterocycles. The van der Waals surface area contributed by atoms with Crippen molar-refractivity contribution < 1.29 is 14.4 Å². The summed E-state index contributed by atoms with van der Waals surface area (Å²) in [5.41, 5.74) is 3.64. The van der Waals surface area contributed by atoms with E-state index in [1.165, 1.54) is 0 Å². The summed E-state index contributed by atoms with van der Waals surface area (Å²) in [7, 11) is 0.